The number of rotatable bonds is 5. The number of fused-ring (bicyclic) bond motifs is 1. The number of hydrogen-bond acceptors (Lipinski definition) is 6. The number of carbonyl (C=O) groups is 2. The predicted molar refractivity (Wildman–Crippen MR) is 98.9 cm³/mol. The molecule has 0 unspecified atom stereocenters. The van der Waals surface area contributed by atoms with E-state index in [1.807, 2.05) is 0 Å². The molecule has 1 atom stereocenters. The van der Waals surface area contributed by atoms with Crippen molar-refractivity contribution in [3.8, 4) is 17.2 Å². The van der Waals surface area contributed by atoms with Crippen LogP contribution in [-0.4, -0.2) is 38.3 Å². The van der Waals surface area contributed by atoms with E-state index in [9.17, 15) is 9.59 Å². The molecule has 8 heteroatoms. The molecule has 0 radical (unpaired) electrons. The third kappa shape index (κ3) is 4.43. The molecule has 0 fully saturated rings. The maximum atomic E-state index is 12.4. The summed E-state index contributed by atoms with van der Waals surface area (Å²) < 4.78 is 21.5. The minimum Gasteiger partial charge on any atom is -0.493 e. The number of methoxy groups -OCH3 is 1. The molecular formula is C19H18ClNO6. The van der Waals surface area contributed by atoms with E-state index in [0.717, 1.165) is 0 Å². The van der Waals surface area contributed by atoms with Gasteiger partial charge in [0.2, 0.25) is 5.75 Å². The molecule has 0 saturated carbocycles. The molecule has 27 heavy (non-hydrogen) atoms. The lowest BCUT2D eigenvalue weighted by Crippen LogP contribution is -2.30. The van der Waals surface area contributed by atoms with Gasteiger partial charge in [0.05, 0.1) is 12.7 Å². The van der Waals surface area contributed by atoms with Crippen molar-refractivity contribution in [2.45, 2.75) is 13.0 Å². The molecule has 1 amide bonds. The summed E-state index contributed by atoms with van der Waals surface area (Å²) >= 11 is 5.81. The highest BCUT2D eigenvalue weighted by molar-refractivity contribution is 6.30. The molecule has 2 aromatic rings. The van der Waals surface area contributed by atoms with Crippen molar-refractivity contribution in [3.05, 3.63) is 47.0 Å². The number of ether oxygens (including phenoxy) is 4. The van der Waals surface area contributed by atoms with E-state index in [-0.39, 0.29) is 5.56 Å². The molecule has 0 saturated heterocycles. The third-order valence-electron chi connectivity index (χ3n) is 3.83. The summed E-state index contributed by atoms with van der Waals surface area (Å²) in [5.41, 5.74) is 0.746. The van der Waals surface area contributed by atoms with Gasteiger partial charge in [-0.15, -0.1) is 0 Å². The molecule has 0 aliphatic carbocycles. The highest BCUT2D eigenvalue weighted by atomic mass is 35.5. The van der Waals surface area contributed by atoms with E-state index >= 15 is 0 Å². The Kier molecular flexibility index (Phi) is 5.71. The lowest BCUT2D eigenvalue weighted by Gasteiger charge is -2.21. The number of hydrogen-bond donors (Lipinski definition) is 1. The average molecular weight is 392 g/mol. The van der Waals surface area contributed by atoms with E-state index in [1.54, 1.807) is 24.3 Å². The fourth-order valence-corrected chi connectivity index (χ4v) is 2.58. The smallest absolute Gasteiger partial charge is 0.339 e. The van der Waals surface area contributed by atoms with Crippen molar-refractivity contribution < 1.29 is 28.5 Å². The molecule has 0 aromatic heterocycles. The summed E-state index contributed by atoms with van der Waals surface area (Å²) in [6, 6.07) is 9.59. The van der Waals surface area contributed by atoms with Crippen LogP contribution in [0.1, 0.15) is 17.3 Å². The highest BCUT2D eigenvalue weighted by Gasteiger charge is 2.24. The van der Waals surface area contributed by atoms with Crippen LogP contribution in [0.4, 0.5) is 5.69 Å². The number of esters is 1. The maximum absolute atomic E-state index is 12.4. The fraction of sp³-hybridized carbons (Fsp3) is 0.263. The van der Waals surface area contributed by atoms with Crippen molar-refractivity contribution in [2.75, 3.05) is 25.6 Å². The molecule has 3 rings (SSSR count). The Labute approximate surface area is 161 Å². The number of amides is 1. The topological polar surface area (TPSA) is 83.1 Å². The zero-order valence-corrected chi connectivity index (χ0v) is 15.5. The van der Waals surface area contributed by atoms with Crippen molar-refractivity contribution in [2.24, 2.45) is 0 Å². The highest BCUT2D eigenvalue weighted by Crippen LogP contribution is 2.40. The quantitative estimate of drug-likeness (QED) is 0.787. The second-order valence-electron chi connectivity index (χ2n) is 5.75. The number of carbonyl (C=O) groups excluding carboxylic acids is 2. The van der Waals surface area contributed by atoms with Gasteiger partial charge in [0, 0.05) is 10.7 Å². The molecule has 2 aromatic carbocycles. The predicted octanol–water partition coefficient (Wildman–Crippen LogP) is 3.30. The molecule has 7 nitrogen and oxygen atoms in total. The minimum absolute atomic E-state index is 0.197. The van der Waals surface area contributed by atoms with Crippen LogP contribution in [0.25, 0.3) is 0 Å². The molecule has 1 aliphatic heterocycles. The first-order valence-electron chi connectivity index (χ1n) is 8.23. The van der Waals surface area contributed by atoms with Crippen molar-refractivity contribution >= 4 is 29.2 Å². The Bertz CT molecular complexity index is 835. The first-order valence-corrected chi connectivity index (χ1v) is 8.61. The van der Waals surface area contributed by atoms with Crippen LogP contribution in [0.2, 0.25) is 5.02 Å². The van der Waals surface area contributed by atoms with Gasteiger partial charge in [-0.05, 0) is 43.3 Å². The van der Waals surface area contributed by atoms with E-state index in [2.05, 4.69) is 5.32 Å². The van der Waals surface area contributed by atoms with Crippen LogP contribution in [0, 0.1) is 0 Å². The zero-order valence-electron chi connectivity index (χ0n) is 14.8. The Balaban J connectivity index is 1.69. The monoisotopic (exact) mass is 391 g/mol. The fourth-order valence-electron chi connectivity index (χ4n) is 2.45. The van der Waals surface area contributed by atoms with Gasteiger partial charge in [-0.3, -0.25) is 4.79 Å². The minimum atomic E-state index is -1.01. The molecule has 0 bridgehead atoms. The van der Waals surface area contributed by atoms with Gasteiger partial charge in [0.15, 0.2) is 17.6 Å². The van der Waals surface area contributed by atoms with Gasteiger partial charge in [0.1, 0.15) is 13.2 Å². The summed E-state index contributed by atoms with van der Waals surface area (Å²) in [5.74, 6) is 0.0521. The standard InChI is InChI=1S/C19H18ClNO6/c1-11(18(22)21-14-5-3-13(20)4-6-14)27-19(23)12-9-15(24-2)17-16(10-12)25-7-8-26-17/h3-6,9-11H,7-8H2,1-2H3,(H,21,22)/t11-/m1/s1. The number of benzene rings is 2. The summed E-state index contributed by atoms with van der Waals surface area (Å²) in [7, 11) is 1.46. The van der Waals surface area contributed by atoms with Crippen LogP contribution >= 0.6 is 11.6 Å². The van der Waals surface area contributed by atoms with E-state index in [0.29, 0.717) is 41.2 Å². The van der Waals surface area contributed by atoms with Crippen molar-refractivity contribution in [1.82, 2.24) is 0 Å². The number of anilines is 1. The van der Waals surface area contributed by atoms with Gasteiger partial charge >= 0.3 is 5.97 Å². The van der Waals surface area contributed by atoms with Crippen molar-refractivity contribution in [3.63, 3.8) is 0 Å². The van der Waals surface area contributed by atoms with Crippen LogP contribution < -0.4 is 19.5 Å². The molecule has 1 N–H and O–H groups in total. The second-order valence-corrected chi connectivity index (χ2v) is 6.18. The summed E-state index contributed by atoms with van der Waals surface area (Å²) in [6.07, 6.45) is -1.01. The Hall–Kier alpha value is -2.93. The molecular weight excluding hydrogens is 374 g/mol. The second kappa shape index (κ2) is 8.18. The van der Waals surface area contributed by atoms with Crippen LogP contribution in [0.3, 0.4) is 0 Å². The van der Waals surface area contributed by atoms with E-state index in [1.165, 1.54) is 26.2 Å². The summed E-state index contributed by atoms with van der Waals surface area (Å²) in [6.45, 7) is 2.25. The Morgan fingerprint density at radius 2 is 1.85 bits per heavy atom. The first kappa shape index (κ1) is 18.8. The molecule has 1 aliphatic rings. The summed E-state index contributed by atoms with van der Waals surface area (Å²) in [5, 5.41) is 3.21. The molecule has 142 valence electrons. The van der Waals surface area contributed by atoms with Crippen LogP contribution in [0.15, 0.2) is 36.4 Å². The van der Waals surface area contributed by atoms with Gasteiger partial charge in [-0.1, -0.05) is 11.6 Å². The summed E-state index contributed by atoms with van der Waals surface area (Å²) in [4.78, 5) is 24.7. The Morgan fingerprint density at radius 3 is 2.56 bits per heavy atom. The van der Waals surface area contributed by atoms with Gasteiger partial charge in [-0.25, -0.2) is 4.79 Å². The van der Waals surface area contributed by atoms with Crippen LogP contribution in [0.5, 0.6) is 17.2 Å². The lowest BCUT2D eigenvalue weighted by molar-refractivity contribution is -0.123. The number of nitrogens with one attached hydrogen (secondary N) is 1. The largest absolute Gasteiger partial charge is 0.493 e. The molecule has 1 heterocycles. The number of halogens is 1. The SMILES string of the molecule is COc1cc(C(=O)O[C@H](C)C(=O)Nc2ccc(Cl)cc2)cc2c1OCCO2. The van der Waals surface area contributed by atoms with Crippen molar-refractivity contribution in [1.29, 1.82) is 0 Å². The normalized spacial score (nSPS) is 13.4. The van der Waals surface area contributed by atoms with Gasteiger partial charge < -0.3 is 24.3 Å². The van der Waals surface area contributed by atoms with E-state index < -0.39 is 18.0 Å². The third-order valence-corrected chi connectivity index (χ3v) is 4.08. The first-order chi connectivity index (χ1) is 13.0. The zero-order chi connectivity index (χ0) is 19.4. The maximum Gasteiger partial charge on any atom is 0.339 e. The van der Waals surface area contributed by atoms with E-state index in [4.69, 9.17) is 30.5 Å². The van der Waals surface area contributed by atoms with Crippen LogP contribution in [-0.2, 0) is 9.53 Å². The Morgan fingerprint density at radius 1 is 1.15 bits per heavy atom. The van der Waals surface area contributed by atoms with Gasteiger partial charge in [-0.2, -0.15) is 0 Å². The molecule has 0 spiro atoms. The van der Waals surface area contributed by atoms with Gasteiger partial charge in [0.25, 0.3) is 5.91 Å². The average Bonchev–Trinajstić information content (AvgIpc) is 2.68. The lowest BCUT2D eigenvalue weighted by atomic mass is 10.1.